The number of ketones is 1. The van der Waals surface area contributed by atoms with Crippen LogP contribution in [0.25, 0.3) is 0 Å². The monoisotopic (exact) mass is 484 g/mol. The number of ether oxygens (including phenoxy) is 1. The van der Waals surface area contributed by atoms with Crippen LogP contribution in [0.1, 0.15) is 87.0 Å². The average molecular weight is 485 g/mol. The fourth-order valence-corrected chi connectivity index (χ4v) is 11.1. The highest BCUT2D eigenvalue weighted by atomic mass is 16.6. The van der Waals surface area contributed by atoms with Gasteiger partial charge in [-0.15, -0.1) is 0 Å². The van der Waals surface area contributed by atoms with E-state index in [0.717, 1.165) is 31.3 Å². The van der Waals surface area contributed by atoms with Gasteiger partial charge in [0.1, 0.15) is 6.10 Å². The summed E-state index contributed by atoms with van der Waals surface area (Å²) in [6.07, 6.45) is 6.17. The Bertz CT molecular complexity index is 1030. The van der Waals surface area contributed by atoms with Crippen molar-refractivity contribution in [2.45, 2.75) is 105 Å². The van der Waals surface area contributed by atoms with Crippen LogP contribution >= 0.6 is 0 Å². The Balaban J connectivity index is 1.52. The fraction of sp³-hybridized carbons (Fsp3) is 0.867. The summed E-state index contributed by atoms with van der Waals surface area (Å²) >= 11 is 0. The van der Waals surface area contributed by atoms with E-state index in [2.05, 4.69) is 48.5 Å². The van der Waals surface area contributed by atoms with E-state index in [1.165, 1.54) is 0 Å². The minimum atomic E-state index is -0.761. The summed E-state index contributed by atoms with van der Waals surface area (Å²) in [4.78, 5) is 27.1. The molecule has 6 aliphatic rings. The second-order valence-corrected chi connectivity index (χ2v) is 14.7. The molecular weight excluding hydrogens is 440 g/mol. The second kappa shape index (κ2) is 6.81. The molecular formula is C30H44O5. The predicted molar refractivity (Wildman–Crippen MR) is 132 cm³/mol. The molecule has 1 saturated heterocycles. The molecule has 0 radical (unpaired) electrons. The predicted octanol–water partition coefficient (Wildman–Crippen LogP) is 5.26. The van der Waals surface area contributed by atoms with Crippen LogP contribution in [-0.2, 0) is 14.3 Å². The lowest BCUT2D eigenvalue weighted by Crippen LogP contribution is -2.70. The Morgan fingerprint density at radius 1 is 1.03 bits per heavy atom. The highest BCUT2D eigenvalue weighted by Gasteiger charge is 2.77. The van der Waals surface area contributed by atoms with E-state index < -0.39 is 22.9 Å². The topological polar surface area (TPSA) is 87.1 Å². The van der Waals surface area contributed by atoms with Gasteiger partial charge < -0.3 is 14.9 Å². The van der Waals surface area contributed by atoms with Crippen molar-refractivity contribution in [1.82, 2.24) is 0 Å². The van der Waals surface area contributed by atoms with Crippen molar-refractivity contribution in [3.05, 3.63) is 11.6 Å². The maximum atomic E-state index is 14.3. The number of fused-ring (bicyclic) bond motifs is 8. The van der Waals surface area contributed by atoms with Crippen molar-refractivity contribution in [2.24, 2.45) is 56.7 Å². The molecule has 5 fully saturated rings. The number of rotatable bonds is 1. The third kappa shape index (κ3) is 2.53. The van der Waals surface area contributed by atoms with Crippen LogP contribution in [0, 0.1) is 56.7 Å². The van der Waals surface area contributed by atoms with Crippen LogP contribution in [0.3, 0.4) is 0 Å². The lowest BCUT2D eigenvalue weighted by molar-refractivity contribution is -0.211. The second-order valence-electron chi connectivity index (χ2n) is 14.7. The van der Waals surface area contributed by atoms with E-state index >= 15 is 0 Å². The molecule has 5 unspecified atom stereocenters. The highest BCUT2D eigenvalue weighted by molar-refractivity contribution is 5.96. The summed E-state index contributed by atoms with van der Waals surface area (Å²) < 4.78 is 6.04. The molecule has 6 rings (SSSR count). The van der Waals surface area contributed by atoms with E-state index in [-0.39, 0.29) is 57.9 Å². The van der Waals surface area contributed by atoms with Gasteiger partial charge >= 0.3 is 5.97 Å². The molecule has 0 amide bonds. The lowest BCUT2D eigenvalue weighted by Gasteiger charge is -2.70. The smallest absolute Gasteiger partial charge is 0.310 e. The molecule has 4 saturated carbocycles. The molecule has 194 valence electrons. The number of hydrogen-bond donors (Lipinski definition) is 2. The summed E-state index contributed by atoms with van der Waals surface area (Å²) in [7, 11) is 0. The summed E-state index contributed by atoms with van der Waals surface area (Å²) in [6, 6.07) is 0. The van der Waals surface area contributed by atoms with Gasteiger partial charge in [0, 0.05) is 11.3 Å². The van der Waals surface area contributed by atoms with Gasteiger partial charge in [-0.3, -0.25) is 9.59 Å². The molecule has 2 N–H and O–H groups in total. The number of allylic oxidation sites excluding steroid dienone is 2. The fourth-order valence-electron chi connectivity index (χ4n) is 11.1. The van der Waals surface area contributed by atoms with Gasteiger partial charge in [-0.05, 0) is 84.5 Å². The Morgan fingerprint density at radius 2 is 1.71 bits per heavy atom. The number of aliphatic carboxylic acids is 1. The quantitative estimate of drug-likeness (QED) is 0.496. The van der Waals surface area contributed by atoms with Gasteiger partial charge in [0.25, 0.3) is 0 Å². The van der Waals surface area contributed by atoms with Crippen molar-refractivity contribution < 1.29 is 24.5 Å². The molecule has 0 bridgehead atoms. The van der Waals surface area contributed by atoms with Crippen LogP contribution in [0.15, 0.2) is 11.6 Å². The van der Waals surface area contributed by atoms with Gasteiger partial charge in [-0.2, -0.15) is 0 Å². The zero-order chi connectivity index (χ0) is 25.5. The van der Waals surface area contributed by atoms with Gasteiger partial charge in [0.15, 0.2) is 5.78 Å². The number of carbonyl (C=O) groups is 2. The van der Waals surface area contributed by atoms with Crippen LogP contribution < -0.4 is 0 Å². The maximum absolute atomic E-state index is 14.3. The number of aliphatic hydroxyl groups excluding tert-OH is 1. The first-order chi connectivity index (χ1) is 16.2. The molecule has 35 heavy (non-hydrogen) atoms. The number of carboxylic acid groups (broad SMARTS) is 1. The zero-order valence-corrected chi connectivity index (χ0v) is 22.6. The minimum Gasteiger partial charge on any atom is -0.481 e. The molecule has 0 spiro atoms. The first kappa shape index (κ1) is 24.2. The highest BCUT2D eigenvalue weighted by Crippen LogP contribution is 2.76. The molecule has 12 atom stereocenters. The first-order valence-corrected chi connectivity index (χ1v) is 14.0. The van der Waals surface area contributed by atoms with Crippen LogP contribution in [0.5, 0.6) is 0 Å². The van der Waals surface area contributed by atoms with Crippen LogP contribution in [-0.4, -0.2) is 40.3 Å². The normalized spacial score (nSPS) is 58.1. The lowest BCUT2D eigenvalue weighted by atomic mass is 9.33. The van der Waals surface area contributed by atoms with Crippen molar-refractivity contribution in [3.63, 3.8) is 0 Å². The SMILES string of the molecule is C[C@@H]1CC[C@]2(C(=O)O)CC[C@]3(C)C(=CC(=O)C4[C@]5(C)C(CC[C@]43C)C(C)(C)C3OC3[C@@H]5O)C2[C@H]1C. The van der Waals surface area contributed by atoms with Gasteiger partial charge in [0.05, 0.1) is 17.6 Å². The van der Waals surface area contributed by atoms with E-state index in [1.54, 1.807) is 0 Å². The molecule has 1 heterocycles. The maximum Gasteiger partial charge on any atom is 0.310 e. The number of carboxylic acids is 1. The van der Waals surface area contributed by atoms with Crippen molar-refractivity contribution >= 4 is 11.8 Å². The molecule has 0 aromatic carbocycles. The average Bonchev–Trinajstić information content (AvgIpc) is 3.58. The van der Waals surface area contributed by atoms with Crippen molar-refractivity contribution in [3.8, 4) is 0 Å². The summed E-state index contributed by atoms with van der Waals surface area (Å²) in [5.74, 6) is -0.0625. The number of hydrogen-bond acceptors (Lipinski definition) is 4. The molecule has 1 aliphatic heterocycles. The Kier molecular flexibility index (Phi) is 4.70. The molecule has 5 nitrogen and oxygen atoms in total. The number of epoxide rings is 1. The summed E-state index contributed by atoms with van der Waals surface area (Å²) in [5, 5.41) is 22.2. The van der Waals surface area contributed by atoms with Gasteiger partial charge in [-0.25, -0.2) is 0 Å². The van der Waals surface area contributed by atoms with E-state index in [0.29, 0.717) is 18.8 Å². The van der Waals surface area contributed by atoms with Crippen LogP contribution in [0.4, 0.5) is 0 Å². The molecule has 5 heteroatoms. The Labute approximate surface area is 210 Å². The van der Waals surface area contributed by atoms with E-state index in [4.69, 9.17) is 4.74 Å². The first-order valence-electron chi connectivity index (χ1n) is 14.0. The van der Waals surface area contributed by atoms with Crippen LogP contribution in [0.2, 0.25) is 0 Å². The largest absolute Gasteiger partial charge is 0.481 e. The summed E-state index contributed by atoms with van der Waals surface area (Å²) in [6.45, 7) is 15.8. The molecule has 0 aromatic rings. The van der Waals surface area contributed by atoms with E-state index in [9.17, 15) is 19.8 Å². The Hall–Kier alpha value is -1.20. The molecule has 5 aliphatic carbocycles. The van der Waals surface area contributed by atoms with Crippen molar-refractivity contribution in [2.75, 3.05) is 0 Å². The van der Waals surface area contributed by atoms with Gasteiger partial charge in [0.2, 0.25) is 0 Å². The Morgan fingerprint density at radius 3 is 2.37 bits per heavy atom. The van der Waals surface area contributed by atoms with E-state index in [1.807, 2.05) is 6.08 Å². The third-order valence-electron chi connectivity index (χ3n) is 13.4. The third-order valence-corrected chi connectivity index (χ3v) is 13.4. The minimum absolute atomic E-state index is 0.0794. The van der Waals surface area contributed by atoms with Crippen molar-refractivity contribution in [1.29, 1.82) is 0 Å². The standard InChI is InChI=1S/C30H44O5/c1-15-8-11-30(25(33)34)13-12-27(5)17(20(30)16(15)2)14-18(31)22-28(27,6)10-9-19-26(3,4)24-21(35-24)23(32)29(19,22)7/h14-16,19-24,32H,8-13H2,1-7H3,(H,33,34)/t15-,16+,19?,20?,21?,22?,23+,24?,27-,28-,29+,30+/m1/s1. The molecule has 0 aromatic heterocycles. The number of aliphatic hydroxyl groups is 1. The number of carbonyl (C=O) groups excluding carboxylic acids is 1. The summed E-state index contributed by atoms with van der Waals surface area (Å²) in [5.41, 5.74) is -0.847. The van der Waals surface area contributed by atoms with Gasteiger partial charge in [-0.1, -0.05) is 54.0 Å². The zero-order valence-electron chi connectivity index (χ0n) is 22.6.